The second-order valence-corrected chi connectivity index (χ2v) is 7.87. The van der Waals surface area contributed by atoms with Gasteiger partial charge >= 0.3 is 0 Å². The number of nitrogens with zero attached hydrogens (tertiary/aromatic N) is 2. The van der Waals surface area contributed by atoms with Gasteiger partial charge in [-0.05, 0) is 37.1 Å². The Balaban J connectivity index is 1.43. The van der Waals surface area contributed by atoms with Crippen molar-refractivity contribution in [2.75, 3.05) is 24.9 Å². The van der Waals surface area contributed by atoms with Crippen molar-refractivity contribution in [1.29, 1.82) is 0 Å². The number of benzene rings is 2. The van der Waals surface area contributed by atoms with Crippen LogP contribution in [-0.2, 0) is 0 Å². The van der Waals surface area contributed by atoms with Crippen LogP contribution < -0.4 is 20.1 Å². The summed E-state index contributed by atoms with van der Waals surface area (Å²) in [6.07, 6.45) is 7.80. The van der Waals surface area contributed by atoms with Crippen LogP contribution in [-0.4, -0.2) is 36.1 Å². The van der Waals surface area contributed by atoms with Crippen molar-refractivity contribution in [1.82, 2.24) is 9.97 Å². The molecular weight excluding hydrogens is 404 g/mol. The third kappa shape index (κ3) is 5.17. The third-order valence-electron chi connectivity index (χ3n) is 5.71. The van der Waals surface area contributed by atoms with Gasteiger partial charge in [0.05, 0.1) is 19.9 Å². The van der Waals surface area contributed by atoms with Gasteiger partial charge in [0, 0.05) is 35.0 Å². The highest BCUT2D eigenvalue weighted by molar-refractivity contribution is 6.04. The molecule has 1 fully saturated rings. The molecule has 2 aromatic carbocycles. The van der Waals surface area contributed by atoms with Gasteiger partial charge in [-0.2, -0.15) is 0 Å². The number of amides is 1. The summed E-state index contributed by atoms with van der Waals surface area (Å²) in [5, 5.41) is 6.42. The number of carbonyl (C=O) groups excluding carboxylic acids is 1. The summed E-state index contributed by atoms with van der Waals surface area (Å²) in [7, 11) is 3.13. The highest BCUT2D eigenvalue weighted by Crippen LogP contribution is 2.30. The molecule has 0 aliphatic heterocycles. The highest BCUT2D eigenvalue weighted by Gasteiger charge is 2.14. The van der Waals surface area contributed by atoms with Crippen LogP contribution >= 0.6 is 0 Å². The van der Waals surface area contributed by atoms with Crippen LogP contribution in [0.1, 0.15) is 42.5 Å². The second kappa shape index (κ2) is 10.1. The molecule has 1 aliphatic carbocycles. The van der Waals surface area contributed by atoms with Crippen molar-refractivity contribution < 1.29 is 14.3 Å². The molecule has 1 heterocycles. The minimum atomic E-state index is -0.203. The van der Waals surface area contributed by atoms with Gasteiger partial charge in [-0.3, -0.25) is 4.79 Å². The fourth-order valence-corrected chi connectivity index (χ4v) is 3.96. The highest BCUT2D eigenvalue weighted by atomic mass is 16.5. The lowest BCUT2D eigenvalue weighted by molar-refractivity contribution is 0.102. The van der Waals surface area contributed by atoms with Crippen molar-refractivity contribution in [3.63, 3.8) is 0 Å². The number of nitrogens with one attached hydrogen (secondary N) is 2. The molecule has 0 bridgehead atoms. The van der Waals surface area contributed by atoms with E-state index < -0.39 is 0 Å². The second-order valence-electron chi connectivity index (χ2n) is 7.87. The Bertz CT molecular complexity index is 1060. The third-order valence-corrected chi connectivity index (χ3v) is 5.71. The molecule has 0 radical (unpaired) electrons. The Morgan fingerprint density at radius 1 is 0.906 bits per heavy atom. The number of aromatic nitrogens is 2. The minimum absolute atomic E-state index is 0.203. The van der Waals surface area contributed by atoms with Crippen LogP contribution in [0.4, 0.5) is 11.5 Å². The molecule has 1 aromatic heterocycles. The van der Waals surface area contributed by atoms with Gasteiger partial charge in [0.1, 0.15) is 12.1 Å². The maximum absolute atomic E-state index is 12.7. The zero-order chi connectivity index (χ0) is 22.3. The van der Waals surface area contributed by atoms with Gasteiger partial charge in [0.2, 0.25) is 0 Å². The minimum Gasteiger partial charge on any atom is -0.493 e. The van der Waals surface area contributed by atoms with Crippen LogP contribution in [0.15, 0.2) is 54.9 Å². The first kappa shape index (κ1) is 21.6. The molecule has 2 N–H and O–H groups in total. The van der Waals surface area contributed by atoms with E-state index in [0.717, 1.165) is 17.1 Å². The molecule has 7 nitrogen and oxygen atoms in total. The molecule has 1 saturated carbocycles. The van der Waals surface area contributed by atoms with Crippen LogP contribution in [0, 0.1) is 0 Å². The lowest BCUT2D eigenvalue weighted by atomic mass is 9.95. The molecule has 166 valence electrons. The van der Waals surface area contributed by atoms with E-state index in [2.05, 4.69) is 20.6 Å². The number of anilines is 2. The van der Waals surface area contributed by atoms with Gasteiger partial charge in [0.15, 0.2) is 11.5 Å². The molecule has 0 saturated heterocycles. The number of ether oxygens (including phenoxy) is 2. The average molecular weight is 433 g/mol. The first-order valence-electron chi connectivity index (χ1n) is 10.9. The van der Waals surface area contributed by atoms with Crippen LogP contribution in [0.3, 0.4) is 0 Å². The van der Waals surface area contributed by atoms with Gasteiger partial charge in [-0.25, -0.2) is 9.97 Å². The van der Waals surface area contributed by atoms with Gasteiger partial charge in [-0.15, -0.1) is 0 Å². The van der Waals surface area contributed by atoms with Crippen LogP contribution in [0.5, 0.6) is 11.5 Å². The quantitative estimate of drug-likeness (QED) is 0.537. The maximum atomic E-state index is 12.7. The summed E-state index contributed by atoms with van der Waals surface area (Å²) in [5.74, 6) is 1.81. The summed E-state index contributed by atoms with van der Waals surface area (Å²) in [6, 6.07) is 15.1. The summed E-state index contributed by atoms with van der Waals surface area (Å²) in [4.78, 5) is 21.4. The van der Waals surface area contributed by atoms with E-state index in [1.54, 1.807) is 50.9 Å². The Morgan fingerprint density at radius 3 is 2.38 bits per heavy atom. The van der Waals surface area contributed by atoms with E-state index in [1.807, 2.05) is 18.2 Å². The maximum Gasteiger partial charge on any atom is 0.255 e. The molecule has 32 heavy (non-hydrogen) atoms. The Labute approximate surface area is 188 Å². The Kier molecular flexibility index (Phi) is 6.84. The molecule has 0 atom stereocenters. The summed E-state index contributed by atoms with van der Waals surface area (Å²) < 4.78 is 10.5. The smallest absolute Gasteiger partial charge is 0.255 e. The first-order chi connectivity index (χ1) is 15.7. The monoisotopic (exact) mass is 432 g/mol. The van der Waals surface area contributed by atoms with Crippen molar-refractivity contribution in [2.45, 2.75) is 38.1 Å². The molecular formula is C25H28N4O3. The predicted octanol–water partition coefficient (Wildman–Crippen LogP) is 5.16. The lowest BCUT2D eigenvalue weighted by Gasteiger charge is -2.23. The topological polar surface area (TPSA) is 85.4 Å². The number of hydrogen-bond donors (Lipinski definition) is 2. The van der Waals surface area contributed by atoms with Gasteiger partial charge < -0.3 is 20.1 Å². The number of hydrogen-bond acceptors (Lipinski definition) is 6. The normalized spacial score (nSPS) is 13.9. The standard InChI is InChI=1S/C25H28N4O3/c1-31-22-13-12-20(14-23(22)32-2)29-25(30)18-10-8-17(9-11-18)21-15-24(27-16-26-21)28-19-6-4-3-5-7-19/h8-16,19H,3-7H2,1-2H3,(H,29,30)(H,26,27,28). The SMILES string of the molecule is COc1ccc(NC(=O)c2ccc(-c3cc(NC4CCCCC4)ncn3)cc2)cc1OC. The molecule has 0 unspecified atom stereocenters. The van der Waals surface area contributed by atoms with Crippen molar-refractivity contribution in [3.05, 3.63) is 60.4 Å². The van der Waals surface area contributed by atoms with Crippen molar-refractivity contribution in [3.8, 4) is 22.8 Å². The first-order valence-corrected chi connectivity index (χ1v) is 10.9. The molecule has 4 rings (SSSR count). The summed E-state index contributed by atoms with van der Waals surface area (Å²) in [5.41, 5.74) is 2.94. The fraction of sp³-hybridized carbons (Fsp3) is 0.320. The molecule has 1 amide bonds. The van der Waals surface area contributed by atoms with Gasteiger partial charge in [0.25, 0.3) is 5.91 Å². The lowest BCUT2D eigenvalue weighted by Crippen LogP contribution is -2.22. The van der Waals surface area contributed by atoms with E-state index in [4.69, 9.17) is 9.47 Å². The molecule has 7 heteroatoms. The van der Waals surface area contributed by atoms with E-state index in [9.17, 15) is 4.79 Å². The average Bonchev–Trinajstić information content (AvgIpc) is 2.85. The summed E-state index contributed by atoms with van der Waals surface area (Å²) >= 11 is 0. The Hall–Kier alpha value is -3.61. The predicted molar refractivity (Wildman–Crippen MR) is 125 cm³/mol. The van der Waals surface area contributed by atoms with E-state index in [1.165, 1.54) is 32.1 Å². The number of rotatable bonds is 7. The summed E-state index contributed by atoms with van der Waals surface area (Å²) in [6.45, 7) is 0. The molecule has 3 aromatic rings. The van der Waals surface area contributed by atoms with Crippen LogP contribution in [0.2, 0.25) is 0 Å². The van der Waals surface area contributed by atoms with Crippen LogP contribution in [0.25, 0.3) is 11.3 Å². The molecule has 0 spiro atoms. The van der Waals surface area contributed by atoms with E-state index in [0.29, 0.717) is 28.8 Å². The molecule has 1 aliphatic rings. The van der Waals surface area contributed by atoms with Crippen molar-refractivity contribution in [2.24, 2.45) is 0 Å². The Morgan fingerprint density at radius 2 is 1.66 bits per heavy atom. The zero-order valence-corrected chi connectivity index (χ0v) is 18.4. The number of carbonyl (C=O) groups is 1. The van der Waals surface area contributed by atoms with Crippen molar-refractivity contribution >= 4 is 17.4 Å². The zero-order valence-electron chi connectivity index (χ0n) is 18.4. The van der Waals surface area contributed by atoms with E-state index >= 15 is 0 Å². The fourth-order valence-electron chi connectivity index (χ4n) is 3.96. The van der Waals surface area contributed by atoms with E-state index in [-0.39, 0.29) is 5.91 Å². The van der Waals surface area contributed by atoms with Gasteiger partial charge in [-0.1, -0.05) is 31.4 Å². The largest absolute Gasteiger partial charge is 0.493 e. The number of methoxy groups -OCH3 is 2.